The Morgan fingerprint density at radius 2 is 1.90 bits per heavy atom. The molecule has 1 heterocycles. The molecule has 2 rings (SSSR count). The van der Waals surface area contributed by atoms with Gasteiger partial charge in [-0.05, 0) is 43.7 Å². The number of likely N-dealkylation sites (N-methyl/N-ethyl adjacent to an activating group) is 1. The number of hydrogen-bond acceptors (Lipinski definition) is 5. The van der Waals surface area contributed by atoms with Crippen LogP contribution in [0.15, 0.2) is 29.2 Å². The molecule has 1 N–H and O–H groups in total. The van der Waals surface area contributed by atoms with E-state index in [2.05, 4.69) is 12.2 Å². The first-order valence-electron chi connectivity index (χ1n) is 7.28. The lowest BCUT2D eigenvalue weighted by Gasteiger charge is -2.15. The van der Waals surface area contributed by atoms with Crippen molar-refractivity contribution in [3.05, 3.63) is 24.3 Å². The third kappa shape index (κ3) is 4.98. The zero-order valence-corrected chi connectivity index (χ0v) is 13.4. The molecular formula is C15H23NO4S. The number of sulfone groups is 1. The minimum Gasteiger partial charge on any atom is -0.491 e. The Bertz CT molecular complexity index is 541. The molecule has 2 atom stereocenters. The summed E-state index contributed by atoms with van der Waals surface area (Å²) < 4.78 is 34.3. The lowest BCUT2D eigenvalue weighted by atomic mass is 10.2. The molecule has 1 aromatic carbocycles. The average molecular weight is 313 g/mol. The summed E-state index contributed by atoms with van der Waals surface area (Å²) in [6.07, 6.45) is 3.63. The van der Waals surface area contributed by atoms with E-state index in [0.717, 1.165) is 25.9 Å². The van der Waals surface area contributed by atoms with E-state index in [-0.39, 0.29) is 12.2 Å². The van der Waals surface area contributed by atoms with Gasteiger partial charge < -0.3 is 14.8 Å². The predicted molar refractivity (Wildman–Crippen MR) is 81.5 cm³/mol. The second-order valence-corrected chi connectivity index (χ2v) is 7.34. The van der Waals surface area contributed by atoms with E-state index in [1.807, 2.05) is 0 Å². The second-order valence-electron chi connectivity index (χ2n) is 5.32. The molecule has 5 nitrogen and oxygen atoms in total. The fourth-order valence-electron chi connectivity index (χ4n) is 2.33. The Balaban J connectivity index is 1.79. The van der Waals surface area contributed by atoms with E-state index in [1.54, 1.807) is 24.3 Å². The summed E-state index contributed by atoms with van der Waals surface area (Å²) in [4.78, 5) is 0.303. The molecule has 1 saturated heterocycles. The average Bonchev–Trinajstić information content (AvgIpc) is 2.90. The van der Waals surface area contributed by atoms with Crippen LogP contribution in [0.1, 0.15) is 19.8 Å². The molecule has 21 heavy (non-hydrogen) atoms. The Labute approximate surface area is 126 Å². The van der Waals surface area contributed by atoms with E-state index in [1.165, 1.54) is 6.26 Å². The molecule has 118 valence electrons. The van der Waals surface area contributed by atoms with Gasteiger partial charge in [-0.2, -0.15) is 0 Å². The summed E-state index contributed by atoms with van der Waals surface area (Å²) in [7, 11) is -3.15. The maximum Gasteiger partial charge on any atom is 0.175 e. The van der Waals surface area contributed by atoms with Gasteiger partial charge in [0.05, 0.1) is 17.1 Å². The third-order valence-electron chi connectivity index (χ3n) is 3.51. The van der Waals surface area contributed by atoms with Gasteiger partial charge in [0, 0.05) is 12.8 Å². The molecule has 0 bridgehead atoms. The van der Waals surface area contributed by atoms with Crippen LogP contribution in [-0.4, -0.2) is 46.6 Å². The first-order chi connectivity index (χ1) is 9.99. The molecule has 1 aliphatic rings. The quantitative estimate of drug-likeness (QED) is 0.829. The summed E-state index contributed by atoms with van der Waals surface area (Å²) in [6, 6.07) is 6.49. The van der Waals surface area contributed by atoms with Crippen molar-refractivity contribution in [2.45, 2.75) is 36.9 Å². The zero-order chi connectivity index (χ0) is 15.3. The van der Waals surface area contributed by atoms with Crippen molar-refractivity contribution in [2.75, 3.05) is 26.0 Å². The molecule has 1 fully saturated rings. The van der Waals surface area contributed by atoms with E-state index >= 15 is 0 Å². The van der Waals surface area contributed by atoms with Gasteiger partial charge in [0.15, 0.2) is 9.84 Å². The number of ether oxygens (including phenoxy) is 2. The highest BCUT2D eigenvalue weighted by Crippen LogP contribution is 2.21. The Morgan fingerprint density at radius 1 is 1.24 bits per heavy atom. The number of benzene rings is 1. The van der Waals surface area contributed by atoms with Crippen LogP contribution < -0.4 is 10.1 Å². The van der Waals surface area contributed by atoms with Gasteiger partial charge in [-0.15, -0.1) is 0 Å². The molecule has 2 unspecified atom stereocenters. The van der Waals surface area contributed by atoms with Crippen molar-refractivity contribution in [2.24, 2.45) is 0 Å². The minimum atomic E-state index is -3.15. The molecule has 0 radical (unpaired) electrons. The van der Waals surface area contributed by atoms with Gasteiger partial charge in [0.1, 0.15) is 12.4 Å². The summed E-state index contributed by atoms with van der Waals surface area (Å²) in [6.45, 7) is 4.42. The number of nitrogens with one attached hydrogen (secondary N) is 1. The summed E-state index contributed by atoms with van der Waals surface area (Å²) in [5, 5.41) is 3.28. The van der Waals surface area contributed by atoms with Crippen molar-refractivity contribution in [1.82, 2.24) is 5.32 Å². The van der Waals surface area contributed by atoms with Crippen LogP contribution in [0.25, 0.3) is 0 Å². The second kappa shape index (κ2) is 7.24. The highest BCUT2D eigenvalue weighted by molar-refractivity contribution is 7.90. The molecular weight excluding hydrogens is 290 g/mol. The molecule has 0 aromatic heterocycles. The van der Waals surface area contributed by atoms with E-state index in [0.29, 0.717) is 17.3 Å². The normalized spacial score (nSPS) is 22.4. The third-order valence-corrected chi connectivity index (χ3v) is 4.63. The molecule has 1 aliphatic heterocycles. The molecule has 0 amide bonds. The van der Waals surface area contributed by atoms with Crippen LogP contribution in [0, 0.1) is 0 Å². The fraction of sp³-hybridized carbons (Fsp3) is 0.600. The highest BCUT2D eigenvalue weighted by atomic mass is 32.2. The monoisotopic (exact) mass is 313 g/mol. The minimum absolute atomic E-state index is 0.114. The molecule has 6 heteroatoms. The van der Waals surface area contributed by atoms with Gasteiger partial charge in [0.2, 0.25) is 0 Å². The maximum absolute atomic E-state index is 11.4. The smallest absolute Gasteiger partial charge is 0.175 e. The molecule has 0 aliphatic carbocycles. The topological polar surface area (TPSA) is 64.6 Å². The van der Waals surface area contributed by atoms with Gasteiger partial charge in [-0.25, -0.2) is 8.42 Å². The van der Waals surface area contributed by atoms with Crippen LogP contribution >= 0.6 is 0 Å². The Morgan fingerprint density at radius 3 is 2.52 bits per heavy atom. The van der Waals surface area contributed by atoms with Gasteiger partial charge in [-0.1, -0.05) is 6.92 Å². The van der Waals surface area contributed by atoms with E-state index < -0.39 is 9.84 Å². The Hall–Kier alpha value is -1.11. The standard InChI is InChI=1S/C15H23NO4S/c1-3-16-10-13-4-5-14(20-13)11-19-12-6-8-15(9-7-12)21(2,17)18/h6-9,13-14,16H,3-5,10-11H2,1-2H3. The largest absolute Gasteiger partial charge is 0.491 e. The highest BCUT2D eigenvalue weighted by Gasteiger charge is 2.25. The lowest BCUT2D eigenvalue weighted by Crippen LogP contribution is -2.28. The fourth-order valence-corrected chi connectivity index (χ4v) is 2.96. The Kier molecular flexibility index (Phi) is 5.61. The molecule has 0 saturated carbocycles. The van der Waals surface area contributed by atoms with Gasteiger partial charge in [-0.3, -0.25) is 0 Å². The SMILES string of the molecule is CCNCC1CCC(COc2ccc(S(C)(=O)=O)cc2)O1. The van der Waals surface area contributed by atoms with Crippen molar-refractivity contribution in [1.29, 1.82) is 0 Å². The summed E-state index contributed by atoms with van der Waals surface area (Å²) >= 11 is 0. The van der Waals surface area contributed by atoms with Crippen LogP contribution in [0.2, 0.25) is 0 Å². The molecule has 0 spiro atoms. The van der Waals surface area contributed by atoms with Crippen molar-refractivity contribution < 1.29 is 17.9 Å². The van der Waals surface area contributed by atoms with Gasteiger partial charge >= 0.3 is 0 Å². The van der Waals surface area contributed by atoms with Crippen molar-refractivity contribution >= 4 is 9.84 Å². The maximum atomic E-state index is 11.4. The first kappa shape index (κ1) is 16.3. The lowest BCUT2D eigenvalue weighted by molar-refractivity contribution is 0.0188. The van der Waals surface area contributed by atoms with E-state index in [4.69, 9.17) is 9.47 Å². The van der Waals surface area contributed by atoms with Crippen molar-refractivity contribution in [3.8, 4) is 5.75 Å². The van der Waals surface area contributed by atoms with Crippen LogP contribution in [-0.2, 0) is 14.6 Å². The predicted octanol–water partition coefficient (Wildman–Crippen LogP) is 1.63. The van der Waals surface area contributed by atoms with E-state index in [9.17, 15) is 8.42 Å². The number of rotatable bonds is 7. The first-order valence-corrected chi connectivity index (χ1v) is 9.17. The van der Waals surface area contributed by atoms with Crippen LogP contribution in [0.3, 0.4) is 0 Å². The number of hydrogen-bond donors (Lipinski definition) is 1. The van der Waals surface area contributed by atoms with Crippen molar-refractivity contribution in [3.63, 3.8) is 0 Å². The van der Waals surface area contributed by atoms with Crippen LogP contribution in [0.5, 0.6) is 5.75 Å². The summed E-state index contributed by atoms with van der Waals surface area (Å²) in [5.41, 5.74) is 0. The zero-order valence-electron chi connectivity index (χ0n) is 12.5. The molecule has 1 aromatic rings. The summed E-state index contributed by atoms with van der Waals surface area (Å²) in [5.74, 6) is 0.668. The van der Waals surface area contributed by atoms with Crippen LogP contribution in [0.4, 0.5) is 0 Å². The van der Waals surface area contributed by atoms with Gasteiger partial charge in [0.25, 0.3) is 0 Å².